The molecule has 8 nitrogen and oxygen atoms in total. The van der Waals surface area contributed by atoms with Gasteiger partial charge in [-0.3, -0.25) is 19.1 Å². The van der Waals surface area contributed by atoms with E-state index in [9.17, 15) is 14.4 Å². The van der Waals surface area contributed by atoms with Crippen molar-refractivity contribution in [3.05, 3.63) is 30.0 Å². The average Bonchev–Trinajstić information content (AvgIpc) is 2.96. The van der Waals surface area contributed by atoms with E-state index in [4.69, 9.17) is 10.8 Å². The van der Waals surface area contributed by atoms with Crippen LogP contribution in [0.3, 0.4) is 0 Å². The van der Waals surface area contributed by atoms with E-state index in [1.807, 2.05) is 45.0 Å². The van der Waals surface area contributed by atoms with Crippen LogP contribution >= 0.6 is 0 Å². The van der Waals surface area contributed by atoms with Gasteiger partial charge in [-0.05, 0) is 24.3 Å². The minimum Gasteiger partial charge on any atom is -0.481 e. The first kappa shape index (κ1) is 21.4. The number of carboxylic acids is 1. The third-order valence-electron chi connectivity index (χ3n) is 4.56. The first-order valence-corrected chi connectivity index (χ1v) is 9.39. The number of aryl methyl sites for hydroxylation is 1. The van der Waals surface area contributed by atoms with Crippen molar-refractivity contribution in [1.82, 2.24) is 15.1 Å². The van der Waals surface area contributed by atoms with Gasteiger partial charge in [0.2, 0.25) is 5.91 Å². The van der Waals surface area contributed by atoms with Crippen molar-refractivity contribution >= 4 is 28.7 Å². The van der Waals surface area contributed by atoms with E-state index >= 15 is 0 Å². The molecule has 1 atom stereocenters. The second-order valence-electron chi connectivity index (χ2n) is 7.97. The highest BCUT2D eigenvalue weighted by atomic mass is 16.4. The van der Waals surface area contributed by atoms with Crippen LogP contribution < -0.4 is 11.1 Å². The van der Waals surface area contributed by atoms with Crippen LogP contribution in [0.1, 0.15) is 56.9 Å². The lowest BCUT2D eigenvalue weighted by molar-refractivity contribution is -0.137. The maximum atomic E-state index is 12.8. The van der Waals surface area contributed by atoms with Crippen LogP contribution in [0.5, 0.6) is 0 Å². The quantitative estimate of drug-likeness (QED) is 0.568. The largest absolute Gasteiger partial charge is 0.481 e. The SMILES string of the molecule is CC(C)(C)C(NC(=O)c1nn(CCCCCC(=O)O)c2ccccc12)C(N)=O. The van der Waals surface area contributed by atoms with Crippen molar-refractivity contribution in [1.29, 1.82) is 0 Å². The monoisotopic (exact) mass is 388 g/mol. The number of amides is 2. The number of carbonyl (C=O) groups excluding carboxylic acids is 2. The summed E-state index contributed by atoms with van der Waals surface area (Å²) >= 11 is 0. The van der Waals surface area contributed by atoms with Gasteiger partial charge in [0.1, 0.15) is 6.04 Å². The molecule has 8 heteroatoms. The lowest BCUT2D eigenvalue weighted by atomic mass is 9.86. The average molecular weight is 388 g/mol. The molecule has 4 N–H and O–H groups in total. The summed E-state index contributed by atoms with van der Waals surface area (Å²) < 4.78 is 1.75. The Morgan fingerprint density at radius 1 is 1.18 bits per heavy atom. The molecule has 1 aromatic carbocycles. The highest BCUT2D eigenvalue weighted by molar-refractivity contribution is 6.06. The van der Waals surface area contributed by atoms with E-state index in [1.54, 1.807) is 4.68 Å². The fourth-order valence-corrected chi connectivity index (χ4v) is 3.09. The minimum absolute atomic E-state index is 0.148. The Balaban J connectivity index is 2.19. The van der Waals surface area contributed by atoms with E-state index in [2.05, 4.69) is 10.4 Å². The first-order valence-electron chi connectivity index (χ1n) is 9.39. The molecule has 0 aliphatic rings. The highest BCUT2D eigenvalue weighted by Crippen LogP contribution is 2.22. The maximum absolute atomic E-state index is 12.8. The molecule has 152 valence electrons. The zero-order chi connectivity index (χ0) is 20.9. The van der Waals surface area contributed by atoms with Gasteiger partial charge in [0.15, 0.2) is 5.69 Å². The third kappa shape index (κ3) is 5.31. The Morgan fingerprint density at radius 2 is 1.86 bits per heavy atom. The summed E-state index contributed by atoms with van der Waals surface area (Å²) in [5, 5.41) is 16.6. The van der Waals surface area contributed by atoms with Crippen LogP contribution in [0.15, 0.2) is 24.3 Å². The molecule has 1 unspecified atom stereocenters. The number of fused-ring (bicyclic) bond motifs is 1. The predicted molar refractivity (Wildman–Crippen MR) is 106 cm³/mol. The second-order valence-corrected chi connectivity index (χ2v) is 7.97. The van der Waals surface area contributed by atoms with Gasteiger partial charge in [-0.15, -0.1) is 0 Å². The zero-order valence-electron chi connectivity index (χ0n) is 16.6. The lowest BCUT2D eigenvalue weighted by Crippen LogP contribution is -2.52. The molecule has 0 fully saturated rings. The number of unbranched alkanes of at least 4 members (excludes halogenated alkanes) is 2. The molecule has 0 aliphatic heterocycles. The number of aromatic nitrogens is 2. The molecule has 1 heterocycles. The number of aliphatic carboxylic acids is 1. The van der Waals surface area contributed by atoms with Crippen LogP contribution in [-0.4, -0.2) is 38.7 Å². The summed E-state index contributed by atoms with van der Waals surface area (Å²) in [5.41, 5.74) is 6.00. The second kappa shape index (κ2) is 8.86. The zero-order valence-corrected chi connectivity index (χ0v) is 16.6. The third-order valence-corrected chi connectivity index (χ3v) is 4.56. The number of nitrogens with two attached hydrogens (primary N) is 1. The van der Waals surface area contributed by atoms with Crippen LogP contribution in [0.4, 0.5) is 0 Å². The first-order chi connectivity index (χ1) is 13.1. The van der Waals surface area contributed by atoms with Crippen LogP contribution in [0.25, 0.3) is 10.9 Å². The Kier molecular flexibility index (Phi) is 6.77. The minimum atomic E-state index is -0.820. The topological polar surface area (TPSA) is 127 Å². The van der Waals surface area contributed by atoms with Gasteiger partial charge in [0.25, 0.3) is 5.91 Å². The maximum Gasteiger partial charge on any atom is 0.303 e. The lowest BCUT2D eigenvalue weighted by Gasteiger charge is -2.28. The number of hydrogen-bond donors (Lipinski definition) is 3. The Bertz CT molecular complexity index is 867. The van der Waals surface area contributed by atoms with Gasteiger partial charge in [-0.1, -0.05) is 45.4 Å². The molecule has 0 saturated heterocycles. The molecule has 2 rings (SSSR count). The Hall–Kier alpha value is -2.90. The molecular formula is C20H28N4O4. The molecular weight excluding hydrogens is 360 g/mol. The number of carbonyl (C=O) groups is 3. The van der Waals surface area contributed by atoms with Gasteiger partial charge >= 0.3 is 5.97 Å². The van der Waals surface area contributed by atoms with E-state index in [-0.39, 0.29) is 12.1 Å². The predicted octanol–water partition coefficient (Wildman–Crippen LogP) is 2.31. The van der Waals surface area contributed by atoms with E-state index in [0.29, 0.717) is 18.4 Å². The summed E-state index contributed by atoms with van der Waals surface area (Å²) in [5.74, 6) is -1.84. The van der Waals surface area contributed by atoms with Gasteiger partial charge in [0, 0.05) is 18.4 Å². The number of rotatable bonds is 9. The van der Waals surface area contributed by atoms with Crippen molar-refractivity contribution in [2.75, 3.05) is 0 Å². The fraction of sp³-hybridized carbons (Fsp3) is 0.500. The van der Waals surface area contributed by atoms with Crippen molar-refractivity contribution < 1.29 is 19.5 Å². The summed E-state index contributed by atoms with van der Waals surface area (Å²) in [4.78, 5) is 35.2. The van der Waals surface area contributed by atoms with Gasteiger partial charge in [-0.2, -0.15) is 5.10 Å². The smallest absolute Gasteiger partial charge is 0.303 e. The van der Waals surface area contributed by atoms with Gasteiger partial charge < -0.3 is 16.2 Å². The number of hydrogen-bond acceptors (Lipinski definition) is 4. The molecule has 28 heavy (non-hydrogen) atoms. The summed E-state index contributed by atoms with van der Waals surface area (Å²) in [6.07, 6.45) is 2.27. The molecule has 1 aromatic heterocycles. The number of para-hydroxylation sites is 1. The standard InChI is InChI=1S/C20H28N4O4/c1-20(2,3)17(18(21)27)22-19(28)16-13-9-6-7-10-14(13)24(23-16)12-8-4-5-11-15(25)26/h6-7,9-10,17H,4-5,8,11-12H2,1-3H3,(H2,21,27)(H,22,28)(H,25,26). The number of benzene rings is 1. The summed E-state index contributed by atoms with van der Waals surface area (Å²) in [6.45, 7) is 6.07. The van der Waals surface area contributed by atoms with E-state index in [1.165, 1.54) is 0 Å². The molecule has 2 amide bonds. The normalized spacial score (nSPS) is 12.7. The van der Waals surface area contributed by atoms with E-state index < -0.39 is 29.2 Å². The van der Waals surface area contributed by atoms with Crippen LogP contribution in [0.2, 0.25) is 0 Å². The molecule has 0 spiro atoms. The molecule has 0 radical (unpaired) electrons. The number of nitrogens with one attached hydrogen (secondary N) is 1. The molecule has 2 aromatic rings. The Morgan fingerprint density at radius 3 is 2.46 bits per heavy atom. The number of carboxylic acid groups (broad SMARTS) is 1. The van der Waals surface area contributed by atoms with Gasteiger partial charge in [0.05, 0.1) is 5.52 Å². The van der Waals surface area contributed by atoms with Crippen LogP contribution in [0, 0.1) is 5.41 Å². The van der Waals surface area contributed by atoms with Crippen LogP contribution in [-0.2, 0) is 16.1 Å². The van der Waals surface area contributed by atoms with Crippen molar-refractivity contribution in [2.45, 2.75) is 59.0 Å². The fourth-order valence-electron chi connectivity index (χ4n) is 3.09. The molecule has 0 saturated carbocycles. The summed E-state index contributed by atoms with van der Waals surface area (Å²) in [7, 11) is 0. The summed E-state index contributed by atoms with van der Waals surface area (Å²) in [6, 6.07) is 6.57. The highest BCUT2D eigenvalue weighted by Gasteiger charge is 2.32. The number of nitrogens with zero attached hydrogens (tertiary/aromatic N) is 2. The van der Waals surface area contributed by atoms with Crippen molar-refractivity contribution in [2.24, 2.45) is 11.1 Å². The Labute approximate surface area is 164 Å². The number of primary amides is 1. The van der Waals surface area contributed by atoms with Crippen molar-refractivity contribution in [3.8, 4) is 0 Å². The van der Waals surface area contributed by atoms with Gasteiger partial charge in [-0.25, -0.2) is 0 Å². The van der Waals surface area contributed by atoms with Crippen molar-refractivity contribution in [3.63, 3.8) is 0 Å². The molecule has 0 aliphatic carbocycles. The molecule has 0 bridgehead atoms. The van der Waals surface area contributed by atoms with E-state index in [0.717, 1.165) is 18.4 Å².